The van der Waals surface area contributed by atoms with Gasteiger partial charge in [-0.05, 0) is 45.9 Å². The van der Waals surface area contributed by atoms with Crippen molar-refractivity contribution in [2.75, 3.05) is 20.1 Å². The van der Waals surface area contributed by atoms with E-state index < -0.39 is 16.1 Å². The predicted molar refractivity (Wildman–Crippen MR) is 96.9 cm³/mol. The Kier molecular flexibility index (Phi) is 7.66. The summed E-state index contributed by atoms with van der Waals surface area (Å²) in [5, 5.41) is 3.17. The van der Waals surface area contributed by atoms with Gasteiger partial charge in [0.05, 0.1) is 10.9 Å². The summed E-state index contributed by atoms with van der Waals surface area (Å²) in [5.74, 6) is -0.180. The molecule has 0 aliphatic carbocycles. The lowest BCUT2D eigenvalue weighted by Gasteiger charge is -2.34. The molecule has 1 heterocycles. The lowest BCUT2D eigenvalue weighted by atomic mass is 10.1. The monoisotopic (exact) mass is 375 g/mol. The molecule has 1 aromatic carbocycles. The van der Waals surface area contributed by atoms with Gasteiger partial charge in [-0.2, -0.15) is 4.72 Å². The van der Waals surface area contributed by atoms with E-state index in [0.29, 0.717) is 13.1 Å². The molecule has 1 aliphatic heterocycles. The van der Waals surface area contributed by atoms with Crippen molar-refractivity contribution in [3.8, 4) is 0 Å². The van der Waals surface area contributed by atoms with E-state index in [4.69, 9.17) is 0 Å². The predicted octanol–water partition coefficient (Wildman–Crippen LogP) is 1.29. The first-order valence-electron chi connectivity index (χ1n) is 7.88. The number of halogens is 1. The van der Waals surface area contributed by atoms with E-state index in [1.54, 1.807) is 36.1 Å². The number of benzene rings is 1. The minimum Gasteiger partial charge on any atom is -0.340 e. The van der Waals surface area contributed by atoms with E-state index in [9.17, 15) is 13.2 Å². The van der Waals surface area contributed by atoms with Crippen LogP contribution >= 0.6 is 12.4 Å². The zero-order valence-electron chi connectivity index (χ0n) is 14.3. The minimum atomic E-state index is -3.69. The number of likely N-dealkylation sites (N-methyl/N-ethyl adjacent to an activating group) is 1. The summed E-state index contributed by atoms with van der Waals surface area (Å²) in [6, 6.07) is 6.07. The highest BCUT2D eigenvalue weighted by molar-refractivity contribution is 7.89. The largest absolute Gasteiger partial charge is 0.340 e. The number of sulfonamides is 1. The summed E-state index contributed by atoms with van der Waals surface area (Å²) in [6.45, 7) is 4.78. The van der Waals surface area contributed by atoms with Crippen LogP contribution in [0.25, 0.3) is 0 Å². The van der Waals surface area contributed by atoms with Crippen LogP contribution < -0.4 is 10.0 Å². The van der Waals surface area contributed by atoms with Gasteiger partial charge in [0.15, 0.2) is 0 Å². The van der Waals surface area contributed by atoms with E-state index in [1.165, 1.54) is 0 Å². The molecule has 1 saturated heterocycles. The van der Waals surface area contributed by atoms with Crippen molar-refractivity contribution in [1.82, 2.24) is 14.9 Å². The first-order chi connectivity index (χ1) is 10.8. The fourth-order valence-electron chi connectivity index (χ4n) is 2.76. The van der Waals surface area contributed by atoms with Crippen LogP contribution in [0.4, 0.5) is 0 Å². The molecule has 0 spiro atoms. The number of piperidine rings is 1. The van der Waals surface area contributed by atoms with Crippen LogP contribution in [0.2, 0.25) is 0 Å². The number of nitrogens with zero attached hydrogens (tertiary/aromatic N) is 1. The fourth-order valence-corrected chi connectivity index (χ4v) is 3.95. The van der Waals surface area contributed by atoms with Gasteiger partial charge in [0.1, 0.15) is 0 Å². The van der Waals surface area contributed by atoms with Gasteiger partial charge < -0.3 is 10.2 Å². The summed E-state index contributed by atoms with van der Waals surface area (Å²) in [5.41, 5.74) is 0.986. The topological polar surface area (TPSA) is 78.5 Å². The molecule has 24 heavy (non-hydrogen) atoms. The molecule has 1 amide bonds. The Hall–Kier alpha value is -1.15. The number of hydrogen-bond acceptors (Lipinski definition) is 4. The van der Waals surface area contributed by atoms with Gasteiger partial charge in [-0.1, -0.05) is 17.7 Å². The van der Waals surface area contributed by atoms with Crippen molar-refractivity contribution in [3.63, 3.8) is 0 Å². The highest BCUT2D eigenvalue weighted by Gasteiger charge is 2.28. The third-order valence-electron chi connectivity index (χ3n) is 4.17. The van der Waals surface area contributed by atoms with Gasteiger partial charge in [0, 0.05) is 19.1 Å². The zero-order valence-corrected chi connectivity index (χ0v) is 15.9. The molecule has 1 aliphatic rings. The molecule has 8 heteroatoms. The first kappa shape index (κ1) is 20.9. The summed E-state index contributed by atoms with van der Waals surface area (Å²) < 4.78 is 27.2. The van der Waals surface area contributed by atoms with Crippen molar-refractivity contribution >= 4 is 28.3 Å². The zero-order chi connectivity index (χ0) is 17.0. The molecular formula is C16H26ClN3O3S. The second-order valence-corrected chi connectivity index (χ2v) is 7.78. The number of hydrogen-bond donors (Lipinski definition) is 2. The number of rotatable bonds is 5. The maximum absolute atomic E-state index is 12.5. The van der Waals surface area contributed by atoms with Crippen LogP contribution in [0.15, 0.2) is 29.2 Å². The van der Waals surface area contributed by atoms with E-state index >= 15 is 0 Å². The molecular weight excluding hydrogens is 350 g/mol. The van der Waals surface area contributed by atoms with E-state index in [2.05, 4.69) is 10.0 Å². The van der Waals surface area contributed by atoms with Crippen LogP contribution in [-0.4, -0.2) is 51.4 Å². The highest BCUT2D eigenvalue weighted by Crippen LogP contribution is 2.14. The van der Waals surface area contributed by atoms with Gasteiger partial charge in [0.2, 0.25) is 15.9 Å². The fraction of sp³-hybridized carbons (Fsp3) is 0.562. The summed E-state index contributed by atoms with van der Waals surface area (Å²) in [6.07, 6.45) is 1.96. The molecule has 2 N–H and O–H groups in total. The molecule has 0 radical (unpaired) electrons. The molecule has 2 atom stereocenters. The van der Waals surface area contributed by atoms with Gasteiger partial charge >= 0.3 is 0 Å². The first-order valence-corrected chi connectivity index (χ1v) is 9.37. The number of carbonyl (C=O) groups excluding carboxylic acids is 1. The van der Waals surface area contributed by atoms with Crippen LogP contribution in [-0.2, 0) is 14.8 Å². The Morgan fingerprint density at radius 3 is 2.50 bits per heavy atom. The third-order valence-corrected chi connectivity index (χ3v) is 5.73. The lowest BCUT2D eigenvalue weighted by Crippen LogP contribution is -2.53. The Morgan fingerprint density at radius 1 is 1.29 bits per heavy atom. The molecule has 136 valence electrons. The van der Waals surface area contributed by atoms with Gasteiger partial charge in [-0.3, -0.25) is 4.79 Å². The molecule has 2 rings (SSSR count). The second kappa shape index (κ2) is 8.80. The Morgan fingerprint density at radius 2 is 1.92 bits per heavy atom. The standard InChI is InChI=1S/C16H25N3O3S.ClH/c1-12-6-8-15(9-7-12)23(21,22)18-13(2)16(20)19-10-4-5-14(11-19)17-3;/h6-9,13-14,17-18H,4-5,10-11H2,1-3H3;1H. The summed E-state index contributed by atoms with van der Waals surface area (Å²) >= 11 is 0. The normalized spacial score (nSPS) is 19.5. The van der Waals surface area contributed by atoms with Crippen LogP contribution in [0.3, 0.4) is 0 Å². The number of likely N-dealkylation sites (tertiary alicyclic amines) is 1. The molecule has 0 saturated carbocycles. The SMILES string of the molecule is CNC1CCCN(C(=O)C(C)NS(=O)(=O)c2ccc(C)cc2)C1.Cl. The molecule has 2 unspecified atom stereocenters. The maximum atomic E-state index is 12.5. The van der Waals surface area contributed by atoms with Crippen LogP contribution in [0.1, 0.15) is 25.3 Å². The molecule has 0 bridgehead atoms. The van der Waals surface area contributed by atoms with Gasteiger partial charge in [-0.15, -0.1) is 12.4 Å². The van der Waals surface area contributed by atoms with Crippen molar-refractivity contribution in [2.24, 2.45) is 0 Å². The average Bonchev–Trinajstić information content (AvgIpc) is 2.54. The molecule has 1 fully saturated rings. The average molecular weight is 376 g/mol. The molecule has 0 aromatic heterocycles. The maximum Gasteiger partial charge on any atom is 0.241 e. The van der Waals surface area contributed by atoms with Gasteiger partial charge in [-0.25, -0.2) is 8.42 Å². The van der Waals surface area contributed by atoms with Crippen molar-refractivity contribution < 1.29 is 13.2 Å². The highest BCUT2D eigenvalue weighted by atomic mass is 35.5. The quantitative estimate of drug-likeness (QED) is 0.813. The molecule has 6 nitrogen and oxygen atoms in total. The number of nitrogens with one attached hydrogen (secondary N) is 2. The van der Waals surface area contributed by atoms with Crippen LogP contribution in [0, 0.1) is 6.92 Å². The number of carbonyl (C=O) groups is 1. The lowest BCUT2D eigenvalue weighted by molar-refractivity contribution is -0.133. The van der Waals surface area contributed by atoms with Crippen molar-refractivity contribution in [3.05, 3.63) is 29.8 Å². The number of aryl methyl sites for hydroxylation is 1. The minimum absolute atomic E-state index is 0. The Bertz CT molecular complexity index is 649. The van der Waals surface area contributed by atoms with Crippen molar-refractivity contribution in [1.29, 1.82) is 0 Å². The summed E-state index contributed by atoms with van der Waals surface area (Å²) in [4.78, 5) is 14.4. The second-order valence-electron chi connectivity index (χ2n) is 6.07. The molecule has 1 aromatic rings. The summed E-state index contributed by atoms with van der Waals surface area (Å²) in [7, 11) is -1.82. The third kappa shape index (κ3) is 5.17. The Balaban J connectivity index is 0.00000288. The smallest absolute Gasteiger partial charge is 0.241 e. The van der Waals surface area contributed by atoms with E-state index in [1.807, 2.05) is 14.0 Å². The van der Waals surface area contributed by atoms with Crippen molar-refractivity contribution in [2.45, 2.75) is 43.7 Å². The number of amides is 1. The van der Waals surface area contributed by atoms with Gasteiger partial charge in [0.25, 0.3) is 0 Å². The Labute approximate surface area is 150 Å². The van der Waals surface area contributed by atoms with E-state index in [0.717, 1.165) is 18.4 Å². The van der Waals surface area contributed by atoms with Crippen LogP contribution in [0.5, 0.6) is 0 Å². The van der Waals surface area contributed by atoms with E-state index in [-0.39, 0.29) is 29.3 Å².